The van der Waals surface area contributed by atoms with E-state index in [2.05, 4.69) is 20.8 Å². The largest absolute Gasteiger partial charge is 0.497 e. The number of methoxy groups -OCH3 is 1. The molecule has 2 aromatic carbocycles. The summed E-state index contributed by atoms with van der Waals surface area (Å²) in [7, 11) is 3.40. The second-order valence-electron chi connectivity index (χ2n) is 9.56. The van der Waals surface area contributed by atoms with Crippen molar-refractivity contribution >= 4 is 42.3 Å². The molecule has 41 heavy (non-hydrogen) atoms. The third kappa shape index (κ3) is 8.56. The Labute approximate surface area is 253 Å². The molecule has 2 heterocycles. The summed E-state index contributed by atoms with van der Waals surface area (Å²) >= 11 is 0. The van der Waals surface area contributed by atoms with Crippen molar-refractivity contribution in [3.8, 4) is 17.1 Å². The van der Waals surface area contributed by atoms with E-state index in [1.807, 2.05) is 55.3 Å². The van der Waals surface area contributed by atoms with Crippen LogP contribution in [0.1, 0.15) is 29.5 Å². The number of hydrogen-bond acceptors (Lipinski definition) is 9. The SMILES string of the molecule is CCNCCN(CC(=O)N(C)N1Cc2ccc(OC)cc2C1)C(=O)CNc1cc(-c2noc(C)n2)ccc1C.Cl.Cl. The van der Waals surface area contributed by atoms with E-state index in [1.54, 1.807) is 31.0 Å². The van der Waals surface area contributed by atoms with Gasteiger partial charge in [-0.05, 0) is 48.4 Å². The van der Waals surface area contributed by atoms with Crippen LogP contribution < -0.4 is 15.4 Å². The lowest BCUT2D eigenvalue weighted by atomic mass is 10.1. The zero-order chi connectivity index (χ0) is 27.9. The predicted octanol–water partition coefficient (Wildman–Crippen LogP) is 3.44. The Hall–Kier alpha value is -3.38. The molecule has 224 valence electrons. The van der Waals surface area contributed by atoms with Crippen LogP contribution in [0.3, 0.4) is 0 Å². The summed E-state index contributed by atoms with van der Waals surface area (Å²) in [6.07, 6.45) is 0. The van der Waals surface area contributed by atoms with Crippen molar-refractivity contribution in [2.75, 3.05) is 52.2 Å². The number of aryl methyl sites for hydroxylation is 2. The maximum atomic E-state index is 13.3. The maximum Gasteiger partial charge on any atom is 0.256 e. The van der Waals surface area contributed by atoms with Crippen molar-refractivity contribution in [2.24, 2.45) is 0 Å². The van der Waals surface area contributed by atoms with Gasteiger partial charge >= 0.3 is 0 Å². The summed E-state index contributed by atoms with van der Waals surface area (Å²) in [5, 5.41) is 14.1. The lowest BCUT2D eigenvalue weighted by Gasteiger charge is -2.31. The Bertz CT molecular complexity index is 1320. The van der Waals surface area contributed by atoms with Crippen LogP contribution in [0.25, 0.3) is 11.4 Å². The molecule has 4 rings (SSSR count). The molecule has 0 aliphatic carbocycles. The average molecular weight is 609 g/mol. The van der Waals surface area contributed by atoms with E-state index < -0.39 is 0 Å². The highest BCUT2D eigenvalue weighted by Crippen LogP contribution is 2.27. The van der Waals surface area contributed by atoms with Crippen LogP contribution >= 0.6 is 24.8 Å². The Morgan fingerprint density at radius 2 is 1.83 bits per heavy atom. The molecule has 2 N–H and O–H groups in total. The molecule has 1 aliphatic heterocycles. The van der Waals surface area contributed by atoms with Gasteiger partial charge in [-0.1, -0.05) is 30.3 Å². The third-order valence-electron chi connectivity index (χ3n) is 6.85. The summed E-state index contributed by atoms with van der Waals surface area (Å²) < 4.78 is 10.4. The van der Waals surface area contributed by atoms with Crippen LogP contribution in [-0.2, 0) is 22.7 Å². The minimum absolute atomic E-state index is 0. The Kier molecular flexibility index (Phi) is 12.8. The molecule has 13 heteroatoms. The first-order valence-corrected chi connectivity index (χ1v) is 13.1. The van der Waals surface area contributed by atoms with Crippen LogP contribution in [0.5, 0.6) is 5.75 Å². The van der Waals surface area contributed by atoms with E-state index in [0.717, 1.165) is 40.2 Å². The van der Waals surface area contributed by atoms with Gasteiger partial charge in [0.25, 0.3) is 5.91 Å². The standard InChI is InChI=1S/C28H37N7O4.2ClH/c1-6-29-11-12-34(18-27(37)33(4)35-16-22-9-10-24(38-5)13-23(22)17-35)26(36)15-30-25-14-21(8-7-19(25)2)28-31-20(3)39-32-28;;/h7-10,13-14,29-30H,6,11-12,15-18H2,1-5H3;2*1H. The summed E-state index contributed by atoms with van der Waals surface area (Å²) in [5.41, 5.74) is 4.85. The van der Waals surface area contributed by atoms with Gasteiger partial charge in [-0.2, -0.15) is 4.98 Å². The number of anilines is 1. The van der Waals surface area contributed by atoms with E-state index in [-0.39, 0.29) is 49.7 Å². The zero-order valence-corrected chi connectivity index (χ0v) is 25.7. The minimum Gasteiger partial charge on any atom is -0.497 e. The lowest BCUT2D eigenvalue weighted by molar-refractivity contribution is -0.151. The molecule has 1 aromatic heterocycles. The monoisotopic (exact) mass is 607 g/mol. The second-order valence-corrected chi connectivity index (χ2v) is 9.56. The fourth-order valence-electron chi connectivity index (χ4n) is 4.45. The first kappa shape index (κ1) is 33.8. The van der Waals surface area contributed by atoms with E-state index in [9.17, 15) is 9.59 Å². The van der Waals surface area contributed by atoms with Gasteiger partial charge in [0.15, 0.2) is 0 Å². The van der Waals surface area contributed by atoms with E-state index in [0.29, 0.717) is 37.9 Å². The molecule has 3 aromatic rings. The van der Waals surface area contributed by atoms with Crippen molar-refractivity contribution < 1.29 is 18.8 Å². The average Bonchev–Trinajstić information content (AvgIpc) is 3.57. The number of nitrogens with one attached hydrogen (secondary N) is 2. The highest BCUT2D eigenvalue weighted by molar-refractivity contribution is 5.87. The van der Waals surface area contributed by atoms with Crippen LogP contribution in [0.15, 0.2) is 40.9 Å². The van der Waals surface area contributed by atoms with Crippen LogP contribution in [0, 0.1) is 13.8 Å². The minimum atomic E-state index is -0.163. The quantitative estimate of drug-likeness (QED) is 0.299. The molecule has 0 atom stereocenters. The number of ether oxygens (including phenoxy) is 1. The molecular formula is C28H39Cl2N7O4. The Morgan fingerprint density at radius 1 is 1.07 bits per heavy atom. The lowest BCUT2D eigenvalue weighted by Crippen LogP contribution is -2.49. The summed E-state index contributed by atoms with van der Waals surface area (Å²) in [6, 6.07) is 11.7. The molecule has 0 saturated carbocycles. The molecule has 2 amide bonds. The van der Waals surface area contributed by atoms with Gasteiger partial charge in [0, 0.05) is 51.4 Å². The summed E-state index contributed by atoms with van der Waals surface area (Å²) in [4.78, 5) is 32.5. The fraction of sp³-hybridized carbons (Fsp3) is 0.429. The molecule has 0 radical (unpaired) electrons. The van der Waals surface area contributed by atoms with Crippen molar-refractivity contribution in [3.05, 3.63) is 59.0 Å². The van der Waals surface area contributed by atoms with Crippen LogP contribution in [0.4, 0.5) is 5.69 Å². The number of hydrazine groups is 1. The van der Waals surface area contributed by atoms with E-state index in [4.69, 9.17) is 9.26 Å². The number of benzene rings is 2. The normalized spacial score (nSPS) is 12.1. The van der Waals surface area contributed by atoms with Gasteiger partial charge in [0.1, 0.15) is 12.3 Å². The first-order valence-electron chi connectivity index (χ1n) is 13.1. The number of fused-ring (bicyclic) bond motifs is 1. The Balaban J connectivity index is 0.00000294. The number of rotatable bonds is 12. The maximum absolute atomic E-state index is 13.3. The van der Waals surface area contributed by atoms with Gasteiger partial charge in [-0.3, -0.25) is 14.6 Å². The molecule has 11 nitrogen and oxygen atoms in total. The van der Waals surface area contributed by atoms with Gasteiger partial charge in [-0.25, -0.2) is 5.01 Å². The van der Waals surface area contributed by atoms with Crippen molar-refractivity contribution in [1.29, 1.82) is 0 Å². The smallest absolute Gasteiger partial charge is 0.256 e. The molecular weight excluding hydrogens is 569 g/mol. The summed E-state index contributed by atoms with van der Waals surface area (Å²) in [5.74, 6) is 1.46. The number of aromatic nitrogens is 2. The topological polar surface area (TPSA) is 116 Å². The number of carbonyl (C=O) groups is 2. The number of nitrogens with zero attached hydrogens (tertiary/aromatic N) is 5. The molecule has 1 aliphatic rings. The van der Waals surface area contributed by atoms with E-state index in [1.165, 1.54) is 0 Å². The van der Waals surface area contributed by atoms with Crippen molar-refractivity contribution in [2.45, 2.75) is 33.9 Å². The van der Waals surface area contributed by atoms with Crippen LogP contribution in [-0.4, -0.2) is 83.8 Å². The summed E-state index contributed by atoms with van der Waals surface area (Å²) in [6.45, 7) is 8.78. The number of hydrogen-bond donors (Lipinski definition) is 2. The van der Waals surface area contributed by atoms with E-state index >= 15 is 0 Å². The number of amides is 2. The number of halogens is 2. The highest BCUT2D eigenvalue weighted by Gasteiger charge is 2.27. The molecule has 0 spiro atoms. The fourth-order valence-corrected chi connectivity index (χ4v) is 4.45. The van der Waals surface area contributed by atoms with Gasteiger partial charge in [0.05, 0.1) is 13.7 Å². The third-order valence-corrected chi connectivity index (χ3v) is 6.85. The van der Waals surface area contributed by atoms with Crippen molar-refractivity contribution in [3.63, 3.8) is 0 Å². The van der Waals surface area contributed by atoms with Gasteiger partial charge < -0.3 is 24.8 Å². The number of carbonyl (C=O) groups excluding carboxylic acids is 2. The highest BCUT2D eigenvalue weighted by atomic mass is 35.5. The predicted molar refractivity (Wildman–Crippen MR) is 162 cm³/mol. The molecule has 0 unspecified atom stereocenters. The van der Waals surface area contributed by atoms with Gasteiger partial charge in [-0.15, -0.1) is 24.8 Å². The Morgan fingerprint density at radius 3 is 2.51 bits per heavy atom. The zero-order valence-electron chi connectivity index (χ0n) is 24.1. The molecule has 0 saturated heterocycles. The second kappa shape index (κ2) is 15.6. The van der Waals surface area contributed by atoms with Crippen LogP contribution in [0.2, 0.25) is 0 Å². The number of likely N-dealkylation sites (N-methyl/N-ethyl adjacent to an activating group) is 2. The van der Waals surface area contributed by atoms with Gasteiger partial charge in [0.2, 0.25) is 17.6 Å². The van der Waals surface area contributed by atoms with Crippen molar-refractivity contribution in [1.82, 2.24) is 30.4 Å². The first-order chi connectivity index (χ1) is 18.8. The molecule has 0 fully saturated rings. The molecule has 0 bridgehead atoms.